The Morgan fingerprint density at radius 3 is 0.690 bits per heavy atom. The third kappa shape index (κ3) is 38.7. The molecule has 0 aliphatic carbocycles. The number of thioether (sulfide) groups is 2. The van der Waals surface area contributed by atoms with Gasteiger partial charge in [-0.2, -0.15) is 23.5 Å². The van der Waals surface area contributed by atoms with Gasteiger partial charge in [-0.05, 0) is 41.8 Å². The summed E-state index contributed by atoms with van der Waals surface area (Å²) >= 11 is 4.45. The van der Waals surface area contributed by atoms with Gasteiger partial charge in [0.25, 0.3) is 0 Å². The molecule has 0 aliphatic rings. The van der Waals surface area contributed by atoms with Crippen LogP contribution in [0, 0.1) is 5.92 Å². The van der Waals surface area contributed by atoms with Crippen LogP contribution in [0.2, 0.25) is 0 Å². The summed E-state index contributed by atoms with van der Waals surface area (Å²) in [4.78, 5) is 0. The molecule has 0 atom stereocenters. The van der Waals surface area contributed by atoms with Crippen molar-refractivity contribution in [1.82, 2.24) is 0 Å². The molecule has 0 saturated carbocycles. The highest BCUT2D eigenvalue weighted by Crippen LogP contribution is 2.19. The molecular weight excluding hydrogens is 545 g/mol. The average molecular weight is 627 g/mol. The summed E-state index contributed by atoms with van der Waals surface area (Å²) in [6.07, 6.45) is 47.0. The fourth-order valence-corrected chi connectivity index (χ4v) is 8.46. The number of hydrogen-bond acceptors (Lipinski definition) is 2. The van der Waals surface area contributed by atoms with E-state index in [1.165, 1.54) is 228 Å². The van der Waals surface area contributed by atoms with E-state index in [2.05, 4.69) is 44.3 Å². The maximum absolute atomic E-state index is 2.47. The van der Waals surface area contributed by atoms with Crippen molar-refractivity contribution >= 4 is 23.5 Å². The second-order valence-electron chi connectivity index (χ2n) is 13.9. The Hall–Kier alpha value is 0.700. The van der Waals surface area contributed by atoms with E-state index < -0.39 is 0 Å². The van der Waals surface area contributed by atoms with Crippen LogP contribution < -0.4 is 0 Å². The van der Waals surface area contributed by atoms with Gasteiger partial charge in [-0.25, -0.2) is 0 Å². The lowest BCUT2D eigenvalue weighted by molar-refractivity contribution is 0.531. The minimum Gasteiger partial charge on any atom is -0.162 e. The third-order valence-corrected chi connectivity index (χ3v) is 11.9. The molecule has 0 saturated heterocycles. The van der Waals surface area contributed by atoms with Gasteiger partial charge in [0.05, 0.1) is 0 Å². The van der Waals surface area contributed by atoms with Crippen LogP contribution >= 0.6 is 23.5 Å². The van der Waals surface area contributed by atoms with Gasteiger partial charge in [0, 0.05) is 0 Å². The van der Waals surface area contributed by atoms with Crippen molar-refractivity contribution in [2.75, 3.05) is 23.0 Å². The minimum absolute atomic E-state index is 0.891. The minimum atomic E-state index is 0.891. The van der Waals surface area contributed by atoms with Crippen molar-refractivity contribution < 1.29 is 0 Å². The predicted molar refractivity (Wildman–Crippen MR) is 203 cm³/mol. The summed E-state index contributed by atoms with van der Waals surface area (Å²) in [6.45, 7) is 7.09. The van der Waals surface area contributed by atoms with Crippen molar-refractivity contribution in [3.63, 3.8) is 0 Å². The summed E-state index contributed by atoms with van der Waals surface area (Å²) in [6, 6.07) is 0. The van der Waals surface area contributed by atoms with E-state index in [1.54, 1.807) is 0 Å². The Bertz CT molecular complexity index is 411. The van der Waals surface area contributed by atoms with Gasteiger partial charge >= 0.3 is 0 Å². The Balaban J connectivity index is 3.13. The first-order valence-corrected chi connectivity index (χ1v) is 22.3. The molecule has 0 aromatic heterocycles. The summed E-state index contributed by atoms with van der Waals surface area (Å²) < 4.78 is 0. The standard InChI is InChI=1S/C40H82S2/c1-4-6-8-10-12-14-16-18-20-22-24-26-28-30-32-34-36-41-38-40(3)39-42-37-35-33-31-29-27-25-23-21-19-17-15-13-11-9-7-5-2/h40H,4-39H2,1-3H3. The summed E-state index contributed by atoms with van der Waals surface area (Å²) in [5, 5.41) is 0. The van der Waals surface area contributed by atoms with E-state index >= 15 is 0 Å². The Morgan fingerprint density at radius 1 is 0.286 bits per heavy atom. The van der Waals surface area contributed by atoms with E-state index in [9.17, 15) is 0 Å². The molecule has 0 aliphatic heterocycles. The molecule has 0 bridgehead atoms. The normalized spacial score (nSPS) is 11.7. The highest BCUT2D eigenvalue weighted by Gasteiger charge is 2.03. The molecule has 0 aromatic rings. The fraction of sp³-hybridized carbons (Fsp3) is 1.00. The van der Waals surface area contributed by atoms with Gasteiger partial charge in [0.1, 0.15) is 0 Å². The summed E-state index contributed by atoms with van der Waals surface area (Å²) in [7, 11) is 0. The SMILES string of the molecule is CCCCCCCCCCCCCCCCCCSCC(C)CSCCCCCCCCCCCCCCCCCC. The molecule has 2 heteroatoms. The second kappa shape index (κ2) is 39.7. The molecule has 0 spiro atoms. The van der Waals surface area contributed by atoms with Crippen LogP contribution in [0.1, 0.15) is 226 Å². The first-order valence-electron chi connectivity index (χ1n) is 20.0. The van der Waals surface area contributed by atoms with Gasteiger partial charge in [-0.15, -0.1) is 0 Å². The summed E-state index contributed by atoms with van der Waals surface area (Å²) in [5.74, 6) is 6.44. The molecule has 254 valence electrons. The fourth-order valence-electron chi connectivity index (χ4n) is 6.12. The van der Waals surface area contributed by atoms with Crippen molar-refractivity contribution in [3.05, 3.63) is 0 Å². The maximum atomic E-state index is 2.47. The van der Waals surface area contributed by atoms with Crippen LogP contribution in [-0.2, 0) is 0 Å². The van der Waals surface area contributed by atoms with Crippen molar-refractivity contribution in [2.45, 2.75) is 226 Å². The van der Waals surface area contributed by atoms with Gasteiger partial charge in [-0.3, -0.25) is 0 Å². The van der Waals surface area contributed by atoms with Gasteiger partial charge in [0.15, 0.2) is 0 Å². The first kappa shape index (κ1) is 42.7. The maximum Gasteiger partial charge on any atom is -0.00339 e. The largest absolute Gasteiger partial charge is 0.162 e. The molecule has 0 amide bonds. The lowest BCUT2D eigenvalue weighted by Gasteiger charge is -2.11. The van der Waals surface area contributed by atoms with Crippen LogP contribution in [0.3, 0.4) is 0 Å². The van der Waals surface area contributed by atoms with Crippen molar-refractivity contribution in [3.8, 4) is 0 Å². The van der Waals surface area contributed by atoms with Gasteiger partial charge in [0.2, 0.25) is 0 Å². The molecule has 0 heterocycles. The Morgan fingerprint density at radius 2 is 0.476 bits per heavy atom. The quantitative estimate of drug-likeness (QED) is 0.0625. The molecule has 0 unspecified atom stereocenters. The van der Waals surface area contributed by atoms with Crippen LogP contribution in [-0.4, -0.2) is 23.0 Å². The molecule has 0 N–H and O–H groups in total. The molecule has 0 rings (SSSR count). The van der Waals surface area contributed by atoms with Crippen LogP contribution in [0.4, 0.5) is 0 Å². The monoisotopic (exact) mass is 627 g/mol. The van der Waals surface area contributed by atoms with Crippen LogP contribution in [0.25, 0.3) is 0 Å². The zero-order valence-electron chi connectivity index (χ0n) is 29.8. The lowest BCUT2D eigenvalue weighted by atomic mass is 10.0. The van der Waals surface area contributed by atoms with Crippen LogP contribution in [0.15, 0.2) is 0 Å². The molecule has 0 fully saturated rings. The van der Waals surface area contributed by atoms with Crippen molar-refractivity contribution in [1.29, 1.82) is 0 Å². The topological polar surface area (TPSA) is 0 Å². The lowest BCUT2D eigenvalue weighted by Crippen LogP contribution is -2.03. The molecule has 0 radical (unpaired) electrons. The van der Waals surface area contributed by atoms with E-state index in [4.69, 9.17) is 0 Å². The van der Waals surface area contributed by atoms with E-state index in [0.717, 1.165) is 5.92 Å². The number of hydrogen-bond donors (Lipinski definition) is 0. The smallest absolute Gasteiger partial charge is 0.00339 e. The molecule has 0 aromatic carbocycles. The van der Waals surface area contributed by atoms with Crippen molar-refractivity contribution in [2.24, 2.45) is 5.92 Å². The first-order chi connectivity index (χ1) is 20.8. The number of rotatable bonds is 38. The van der Waals surface area contributed by atoms with Gasteiger partial charge in [-0.1, -0.05) is 213 Å². The zero-order chi connectivity index (χ0) is 30.4. The van der Waals surface area contributed by atoms with Gasteiger partial charge < -0.3 is 0 Å². The zero-order valence-corrected chi connectivity index (χ0v) is 31.5. The van der Waals surface area contributed by atoms with E-state index in [1.807, 2.05) is 0 Å². The highest BCUT2D eigenvalue weighted by atomic mass is 32.2. The Kier molecular flexibility index (Phi) is 40.4. The summed E-state index contributed by atoms with van der Waals surface area (Å²) in [5.41, 5.74) is 0. The molecule has 42 heavy (non-hydrogen) atoms. The average Bonchev–Trinajstić information content (AvgIpc) is 3.00. The predicted octanol–water partition coefficient (Wildman–Crippen LogP) is 15.6. The van der Waals surface area contributed by atoms with E-state index in [-0.39, 0.29) is 0 Å². The number of unbranched alkanes of at least 4 members (excludes halogenated alkanes) is 30. The highest BCUT2D eigenvalue weighted by molar-refractivity contribution is 8.00. The van der Waals surface area contributed by atoms with E-state index in [0.29, 0.717) is 0 Å². The molecule has 0 nitrogen and oxygen atoms in total. The second-order valence-corrected chi connectivity index (χ2v) is 16.2. The molecular formula is C40H82S2. The third-order valence-electron chi connectivity index (χ3n) is 9.09. The van der Waals surface area contributed by atoms with Crippen LogP contribution in [0.5, 0.6) is 0 Å². The Labute approximate surface area is 277 Å².